The highest BCUT2D eigenvalue weighted by molar-refractivity contribution is 6.43. The van der Waals surface area contributed by atoms with Gasteiger partial charge in [0.1, 0.15) is 5.71 Å². The monoisotopic (exact) mass is 151 g/mol. The molecule has 1 heterocycles. The minimum absolute atomic E-state index is 0.343. The normalized spacial score (nSPS) is 11.5. The Labute approximate surface area is 65.4 Å². The number of hydrogen-bond donors (Lipinski definition) is 0. The van der Waals surface area contributed by atoms with Crippen molar-refractivity contribution < 1.29 is 9.53 Å². The number of esters is 1. The highest BCUT2D eigenvalue weighted by atomic mass is 16.5. The van der Waals surface area contributed by atoms with Crippen molar-refractivity contribution in [3.8, 4) is 0 Å². The van der Waals surface area contributed by atoms with Crippen molar-refractivity contribution in [3.05, 3.63) is 38.3 Å². The van der Waals surface area contributed by atoms with Crippen molar-refractivity contribution in [1.29, 1.82) is 0 Å². The fourth-order valence-electron chi connectivity index (χ4n) is 0.406. The molecule has 0 atom stereocenters. The summed E-state index contributed by atoms with van der Waals surface area (Å²) in [5.74, 6) is -0.451. The minimum atomic E-state index is -0.451. The molecule has 58 valence electrons. The summed E-state index contributed by atoms with van der Waals surface area (Å²) < 4.78 is 4.39. The maximum absolute atomic E-state index is 10.5. The Morgan fingerprint density at radius 2 is 2.18 bits per heavy atom. The number of ether oxygens (including phenoxy) is 1. The molecule has 0 unspecified atom stereocenters. The van der Waals surface area contributed by atoms with Crippen LogP contribution in [0.2, 0.25) is 0 Å². The standard InChI is InChI=1S/C6H5NO2.C2H4/c1-2-9-6(8)5-3-4-7-5;1-2/h2-4H,1H2;1-2H2. The predicted octanol–water partition coefficient (Wildman–Crippen LogP) is 1.44. The molecule has 3 nitrogen and oxygen atoms in total. The smallest absolute Gasteiger partial charge is 0.361 e. The molecule has 0 aromatic heterocycles. The van der Waals surface area contributed by atoms with Gasteiger partial charge in [0.25, 0.3) is 0 Å². The third-order valence-electron chi connectivity index (χ3n) is 0.846. The summed E-state index contributed by atoms with van der Waals surface area (Å²) in [5.41, 5.74) is 0.343. The average molecular weight is 151 g/mol. The van der Waals surface area contributed by atoms with E-state index < -0.39 is 5.97 Å². The van der Waals surface area contributed by atoms with Crippen LogP contribution in [0.4, 0.5) is 0 Å². The van der Waals surface area contributed by atoms with Crippen LogP contribution in [0.5, 0.6) is 0 Å². The van der Waals surface area contributed by atoms with Crippen molar-refractivity contribution in [3.63, 3.8) is 0 Å². The van der Waals surface area contributed by atoms with Crippen LogP contribution in [-0.4, -0.2) is 11.7 Å². The average Bonchev–Trinajstić information content (AvgIpc) is 1.89. The van der Waals surface area contributed by atoms with Crippen LogP contribution >= 0.6 is 0 Å². The summed E-state index contributed by atoms with van der Waals surface area (Å²) in [5, 5.41) is 0. The predicted molar refractivity (Wildman–Crippen MR) is 44.1 cm³/mol. The van der Waals surface area contributed by atoms with E-state index >= 15 is 0 Å². The molecule has 0 saturated heterocycles. The number of aliphatic imine (C=N–C) groups is 1. The van der Waals surface area contributed by atoms with Gasteiger partial charge in [-0.05, 0) is 6.08 Å². The Morgan fingerprint density at radius 1 is 1.64 bits per heavy atom. The molecule has 0 saturated carbocycles. The molecule has 0 fully saturated rings. The molecule has 0 aromatic rings. The number of carbonyl (C=O) groups excluding carboxylic acids is 1. The second-order valence-electron chi connectivity index (χ2n) is 1.40. The van der Waals surface area contributed by atoms with Crippen LogP contribution in [0.15, 0.2) is 43.3 Å². The van der Waals surface area contributed by atoms with Gasteiger partial charge in [-0.1, -0.05) is 6.58 Å². The molecule has 1 aliphatic heterocycles. The summed E-state index contributed by atoms with van der Waals surface area (Å²) >= 11 is 0. The quantitative estimate of drug-likeness (QED) is 0.340. The highest BCUT2D eigenvalue weighted by Gasteiger charge is 2.11. The fourth-order valence-corrected chi connectivity index (χ4v) is 0.406. The molecule has 0 bridgehead atoms. The second-order valence-corrected chi connectivity index (χ2v) is 1.40. The summed E-state index contributed by atoms with van der Waals surface area (Å²) in [6, 6.07) is 0. The summed E-state index contributed by atoms with van der Waals surface area (Å²) in [4.78, 5) is 14.2. The molecule has 1 aliphatic rings. The van der Waals surface area contributed by atoms with Crippen LogP contribution in [0.1, 0.15) is 0 Å². The number of carbonyl (C=O) groups is 1. The first-order valence-electron chi connectivity index (χ1n) is 2.91. The van der Waals surface area contributed by atoms with Gasteiger partial charge in [-0.15, -0.1) is 13.2 Å². The van der Waals surface area contributed by atoms with E-state index in [9.17, 15) is 4.79 Å². The fraction of sp³-hybridized carbons (Fsp3) is 0. The van der Waals surface area contributed by atoms with E-state index in [1.165, 1.54) is 6.20 Å². The number of hydrogen-bond acceptors (Lipinski definition) is 3. The molecule has 0 aromatic carbocycles. The van der Waals surface area contributed by atoms with Gasteiger partial charge < -0.3 is 4.74 Å². The molecule has 0 amide bonds. The molecular formula is C8H9NO2. The van der Waals surface area contributed by atoms with E-state index in [4.69, 9.17) is 0 Å². The lowest BCUT2D eigenvalue weighted by Crippen LogP contribution is -2.15. The van der Waals surface area contributed by atoms with Gasteiger partial charge in [-0.25, -0.2) is 9.79 Å². The topological polar surface area (TPSA) is 38.7 Å². The Balaban J connectivity index is 0.000000461. The molecule has 3 heteroatoms. The van der Waals surface area contributed by atoms with Crippen LogP contribution in [0.3, 0.4) is 0 Å². The van der Waals surface area contributed by atoms with Crippen LogP contribution in [0, 0.1) is 0 Å². The zero-order chi connectivity index (χ0) is 8.69. The lowest BCUT2D eigenvalue weighted by molar-refractivity contribution is -0.130. The van der Waals surface area contributed by atoms with Crippen molar-refractivity contribution in [1.82, 2.24) is 0 Å². The zero-order valence-electron chi connectivity index (χ0n) is 6.12. The number of nitrogens with zero attached hydrogens (tertiary/aromatic N) is 1. The third-order valence-corrected chi connectivity index (χ3v) is 0.846. The van der Waals surface area contributed by atoms with Crippen molar-refractivity contribution in [2.24, 2.45) is 4.99 Å². The largest absolute Gasteiger partial charge is 0.430 e. The summed E-state index contributed by atoms with van der Waals surface area (Å²) in [7, 11) is 0. The Hall–Kier alpha value is -1.64. The van der Waals surface area contributed by atoms with Gasteiger partial charge in [0.05, 0.1) is 6.26 Å². The van der Waals surface area contributed by atoms with E-state index in [-0.39, 0.29) is 0 Å². The Morgan fingerprint density at radius 3 is 2.45 bits per heavy atom. The highest BCUT2D eigenvalue weighted by Crippen LogP contribution is 1.97. The van der Waals surface area contributed by atoms with E-state index in [1.807, 2.05) is 0 Å². The zero-order valence-corrected chi connectivity index (χ0v) is 6.12. The molecular weight excluding hydrogens is 142 g/mol. The van der Waals surface area contributed by atoms with Crippen LogP contribution in [-0.2, 0) is 9.53 Å². The van der Waals surface area contributed by atoms with Crippen molar-refractivity contribution in [2.45, 2.75) is 0 Å². The van der Waals surface area contributed by atoms with Crippen molar-refractivity contribution >= 4 is 11.7 Å². The number of rotatable bonds is 2. The van der Waals surface area contributed by atoms with Crippen LogP contribution in [0.25, 0.3) is 0 Å². The molecule has 0 spiro atoms. The van der Waals surface area contributed by atoms with E-state index in [0.29, 0.717) is 5.71 Å². The van der Waals surface area contributed by atoms with E-state index in [1.54, 1.807) is 6.08 Å². The first-order chi connectivity index (χ1) is 5.34. The van der Waals surface area contributed by atoms with Crippen LogP contribution < -0.4 is 0 Å². The van der Waals surface area contributed by atoms with E-state index in [2.05, 4.69) is 29.5 Å². The lowest BCUT2D eigenvalue weighted by atomic mass is 10.3. The summed E-state index contributed by atoms with van der Waals surface area (Å²) in [6.45, 7) is 9.22. The van der Waals surface area contributed by atoms with Gasteiger partial charge in [-0.2, -0.15) is 0 Å². The minimum Gasteiger partial charge on any atom is -0.430 e. The maximum atomic E-state index is 10.5. The summed E-state index contributed by atoms with van der Waals surface area (Å²) in [6.07, 6.45) is 4.18. The Bertz CT molecular complexity index is 216. The van der Waals surface area contributed by atoms with Gasteiger partial charge >= 0.3 is 5.97 Å². The molecule has 0 radical (unpaired) electrons. The van der Waals surface area contributed by atoms with Gasteiger partial charge in [0.2, 0.25) is 0 Å². The first-order valence-corrected chi connectivity index (χ1v) is 2.91. The third kappa shape index (κ3) is 2.62. The lowest BCUT2D eigenvalue weighted by Gasteiger charge is -2.00. The van der Waals surface area contributed by atoms with Gasteiger partial charge in [0, 0.05) is 6.20 Å². The molecule has 1 rings (SSSR count). The molecule has 0 aliphatic carbocycles. The molecule has 11 heavy (non-hydrogen) atoms. The molecule has 0 N–H and O–H groups in total. The SMILES string of the molecule is C=C.C=COC(=O)C1=NC=C1. The maximum Gasteiger partial charge on any atom is 0.361 e. The Kier molecular flexibility index (Phi) is 4.40. The van der Waals surface area contributed by atoms with Gasteiger partial charge in [-0.3, -0.25) is 0 Å². The van der Waals surface area contributed by atoms with Crippen molar-refractivity contribution in [2.75, 3.05) is 0 Å². The van der Waals surface area contributed by atoms with E-state index in [0.717, 1.165) is 6.26 Å². The van der Waals surface area contributed by atoms with Gasteiger partial charge in [0.15, 0.2) is 0 Å². The second kappa shape index (κ2) is 5.17. The first kappa shape index (κ1) is 9.36.